The summed E-state index contributed by atoms with van der Waals surface area (Å²) in [7, 11) is 0. The van der Waals surface area contributed by atoms with Gasteiger partial charge in [-0.2, -0.15) is 5.10 Å². The monoisotopic (exact) mass is 383 g/mol. The highest BCUT2D eigenvalue weighted by Gasteiger charge is 2.12. The zero-order chi connectivity index (χ0) is 19.4. The Balaban J connectivity index is 1.61. The lowest BCUT2D eigenvalue weighted by molar-refractivity contribution is -0.123. The number of aromatic nitrogens is 1. The quantitative estimate of drug-likeness (QED) is 0.475. The minimum Gasteiger partial charge on any atom is -0.483 e. The maximum atomic E-state index is 12.1. The van der Waals surface area contributed by atoms with Crippen molar-refractivity contribution in [2.24, 2.45) is 5.10 Å². The summed E-state index contributed by atoms with van der Waals surface area (Å²) in [5.74, 6) is 0.581. The second-order valence-electron chi connectivity index (χ2n) is 6.67. The van der Waals surface area contributed by atoms with E-state index in [1.807, 2.05) is 49.5 Å². The number of hydrogen-bond donors (Lipinski definition) is 2. The van der Waals surface area contributed by atoms with Crippen LogP contribution in [0.25, 0.3) is 10.9 Å². The third kappa shape index (κ3) is 4.49. The molecule has 140 valence electrons. The number of aryl methyl sites for hydroxylation is 1. The summed E-state index contributed by atoms with van der Waals surface area (Å²) in [5.41, 5.74) is 6.31. The van der Waals surface area contributed by atoms with E-state index in [1.165, 1.54) is 0 Å². The van der Waals surface area contributed by atoms with Crippen molar-refractivity contribution in [1.29, 1.82) is 0 Å². The molecule has 0 atom stereocenters. The third-order valence-electron chi connectivity index (χ3n) is 4.29. The van der Waals surface area contributed by atoms with Crippen LogP contribution in [-0.4, -0.2) is 23.7 Å². The number of amides is 1. The summed E-state index contributed by atoms with van der Waals surface area (Å²) in [5, 5.41) is 5.76. The lowest BCUT2D eigenvalue weighted by Gasteiger charge is -2.15. The number of halogens is 1. The third-order valence-corrected chi connectivity index (χ3v) is 4.69. The van der Waals surface area contributed by atoms with Crippen molar-refractivity contribution in [3.63, 3.8) is 0 Å². The Morgan fingerprint density at radius 2 is 2.11 bits per heavy atom. The van der Waals surface area contributed by atoms with E-state index in [2.05, 4.69) is 29.4 Å². The minimum atomic E-state index is -0.326. The summed E-state index contributed by atoms with van der Waals surface area (Å²) in [4.78, 5) is 15.2. The number of rotatable bonds is 6. The fourth-order valence-corrected chi connectivity index (χ4v) is 2.97. The van der Waals surface area contributed by atoms with Crippen LogP contribution in [0.3, 0.4) is 0 Å². The highest BCUT2D eigenvalue weighted by atomic mass is 35.5. The number of H-pyrrole nitrogens is 1. The number of hydrazone groups is 1. The predicted molar refractivity (Wildman–Crippen MR) is 110 cm³/mol. The Labute approximate surface area is 163 Å². The van der Waals surface area contributed by atoms with Crippen molar-refractivity contribution < 1.29 is 9.53 Å². The van der Waals surface area contributed by atoms with Crippen LogP contribution in [0.4, 0.5) is 0 Å². The van der Waals surface area contributed by atoms with Crippen LogP contribution in [0.1, 0.15) is 36.5 Å². The molecule has 27 heavy (non-hydrogen) atoms. The molecule has 0 radical (unpaired) electrons. The fourth-order valence-electron chi connectivity index (χ4n) is 2.80. The molecule has 2 aromatic carbocycles. The van der Waals surface area contributed by atoms with Gasteiger partial charge in [-0.3, -0.25) is 4.79 Å². The Bertz CT molecular complexity index is 992. The van der Waals surface area contributed by atoms with Gasteiger partial charge in [-0.05, 0) is 42.2 Å². The molecule has 0 aliphatic carbocycles. The van der Waals surface area contributed by atoms with Crippen LogP contribution in [0.2, 0.25) is 5.02 Å². The van der Waals surface area contributed by atoms with Gasteiger partial charge in [-0.15, -0.1) is 0 Å². The molecule has 0 saturated carbocycles. The first-order valence-electron chi connectivity index (χ1n) is 8.76. The molecule has 1 amide bonds. The summed E-state index contributed by atoms with van der Waals surface area (Å²) >= 11 is 6.19. The normalized spacial score (nSPS) is 11.4. The second kappa shape index (κ2) is 8.27. The SMILES string of the molecule is Cc1cc(OCC(=O)NN=Cc2c[nH]c3ccccc23)c(C(C)C)cc1Cl. The molecule has 0 fully saturated rings. The molecule has 6 heteroatoms. The highest BCUT2D eigenvalue weighted by Crippen LogP contribution is 2.31. The number of benzene rings is 2. The van der Waals surface area contributed by atoms with Gasteiger partial charge in [0.2, 0.25) is 0 Å². The molecule has 1 heterocycles. The lowest BCUT2D eigenvalue weighted by Crippen LogP contribution is -2.25. The molecular formula is C21H22ClN3O2. The fraction of sp³-hybridized carbons (Fsp3) is 0.238. The number of hydrogen-bond acceptors (Lipinski definition) is 3. The number of aromatic amines is 1. The van der Waals surface area contributed by atoms with Crippen molar-refractivity contribution in [2.75, 3.05) is 6.61 Å². The van der Waals surface area contributed by atoms with Gasteiger partial charge in [0.25, 0.3) is 5.91 Å². The van der Waals surface area contributed by atoms with Gasteiger partial charge in [-0.1, -0.05) is 43.6 Å². The summed E-state index contributed by atoms with van der Waals surface area (Å²) in [6, 6.07) is 11.7. The largest absolute Gasteiger partial charge is 0.483 e. The predicted octanol–water partition coefficient (Wildman–Crippen LogP) is 4.78. The van der Waals surface area contributed by atoms with Gasteiger partial charge in [0.1, 0.15) is 5.75 Å². The Hall–Kier alpha value is -2.79. The number of fused-ring (bicyclic) bond motifs is 1. The lowest BCUT2D eigenvalue weighted by atomic mass is 10.0. The van der Waals surface area contributed by atoms with Crippen molar-refractivity contribution in [1.82, 2.24) is 10.4 Å². The van der Waals surface area contributed by atoms with Crippen LogP contribution in [-0.2, 0) is 4.79 Å². The van der Waals surface area contributed by atoms with Gasteiger partial charge >= 0.3 is 0 Å². The van der Waals surface area contributed by atoms with E-state index >= 15 is 0 Å². The molecule has 0 saturated heterocycles. The molecule has 0 unspecified atom stereocenters. The molecule has 3 aromatic rings. The molecule has 5 nitrogen and oxygen atoms in total. The van der Waals surface area contributed by atoms with E-state index in [1.54, 1.807) is 6.21 Å². The van der Waals surface area contributed by atoms with Gasteiger partial charge in [-0.25, -0.2) is 5.43 Å². The average Bonchev–Trinajstić information content (AvgIpc) is 3.05. The van der Waals surface area contributed by atoms with Gasteiger partial charge in [0.15, 0.2) is 6.61 Å². The van der Waals surface area contributed by atoms with E-state index in [0.29, 0.717) is 10.8 Å². The van der Waals surface area contributed by atoms with Crippen LogP contribution in [0.5, 0.6) is 5.75 Å². The standard InChI is InChI=1S/C21H22ClN3O2/c1-13(2)17-9-18(22)14(3)8-20(17)27-12-21(26)25-24-11-15-10-23-19-7-5-4-6-16(15)19/h4-11,13,23H,12H2,1-3H3,(H,25,26). The molecular weight excluding hydrogens is 362 g/mol. The number of carbonyl (C=O) groups is 1. The van der Waals surface area contributed by atoms with E-state index < -0.39 is 0 Å². The molecule has 0 aliphatic rings. The minimum absolute atomic E-state index is 0.119. The summed E-state index contributed by atoms with van der Waals surface area (Å²) in [6.45, 7) is 5.90. The van der Waals surface area contributed by atoms with Crippen molar-refractivity contribution in [2.45, 2.75) is 26.7 Å². The molecule has 0 aliphatic heterocycles. The molecule has 0 spiro atoms. The number of nitrogens with one attached hydrogen (secondary N) is 2. The first-order valence-corrected chi connectivity index (χ1v) is 9.14. The van der Waals surface area contributed by atoms with Gasteiger partial charge < -0.3 is 9.72 Å². The Morgan fingerprint density at radius 1 is 1.33 bits per heavy atom. The number of carbonyl (C=O) groups excluding carboxylic acids is 1. The molecule has 2 N–H and O–H groups in total. The summed E-state index contributed by atoms with van der Waals surface area (Å²) < 4.78 is 5.70. The van der Waals surface area contributed by atoms with E-state index in [9.17, 15) is 4.79 Å². The van der Waals surface area contributed by atoms with E-state index in [-0.39, 0.29) is 18.4 Å². The van der Waals surface area contributed by atoms with Crippen molar-refractivity contribution in [3.8, 4) is 5.75 Å². The zero-order valence-electron chi connectivity index (χ0n) is 15.5. The van der Waals surface area contributed by atoms with E-state index in [0.717, 1.165) is 27.6 Å². The van der Waals surface area contributed by atoms with E-state index in [4.69, 9.17) is 16.3 Å². The topological polar surface area (TPSA) is 66.5 Å². The first kappa shape index (κ1) is 19.0. The summed E-state index contributed by atoms with van der Waals surface area (Å²) in [6.07, 6.45) is 3.46. The van der Waals surface area contributed by atoms with Crippen molar-refractivity contribution in [3.05, 3.63) is 64.3 Å². The second-order valence-corrected chi connectivity index (χ2v) is 7.07. The van der Waals surface area contributed by atoms with Crippen LogP contribution in [0.15, 0.2) is 47.7 Å². The Morgan fingerprint density at radius 3 is 2.89 bits per heavy atom. The number of nitrogens with zero attached hydrogens (tertiary/aromatic N) is 1. The van der Waals surface area contributed by atoms with Gasteiger partial charge in [0.05, 0.1) is 6.21 Å². The molecule has 0 bridgehead atoms. The van der Waals surface area contributed by atoms with Crippen LogP contribution < -0.4 is 10.2 Å². The molecule has 3 rings (SSSR count). The van der Waals surface area contributed by atoms with Crippen LogP contribution in [0, 0.1) is 6.92 Å². The van der Waals surface area contributed by atoms with Gasteiger partial charge in [0, 0.05) is 27.7 Å². The molecule has 1 aromatic heterocycles. The number of para-hydroxylation sites is 1. The zero-order valence-corrected chi connectivity index (χ0v) is 16.3. The highest BCUT2D eigenvalue weighted by molar-refractivity contribution is 6.31. The maximum absolute atomic E-state index is 12.1. The smallest absolute Gasteiger partial charge is 0.277 e. The maximum Gasteiger partial charge on any atom is 0.277 e. The Kier molecular flexibility index (Phi) is 5.81. The van der Waals surface area contributed by atoms with Crippen molar-refractivity contribution >= 4 is 34.6 Å². The number of ether oxygens (including phenoxy) is 1. The first-order chi connectivity index (χ1) is 13.0. The average molecular weight is 384 g/mol. The van der Waals surface area contributed by atoms with Crippen LogP contribution >= 0.6 is 11.6 Å².